The maximum absolute atomic E-state index is 12.9. The molecule has 0 bridgehead atoms. The Morgan fingerprint density at radius 3 is 2.16 bits per heavy atom. The Morgan fingerprint density at radius 1 is 0.935 bits per heavy atom. The minimum atomic E-state index is 0.0800. The number of carbonyl (C=O) groups excluding carboxylic acids is 1. The number of aryl methyl sites for hydroxylation is 1. The van der Waals surface area contributed by atoms with Crippen LogP contribution < -0.4 is 14.5 Å². The Bertz CT molecular complexity index is 872. The number of anilines is 2. The van der Waals surface area contributed by atoms with Gasteiger partial charge in [0.15, 0.2) is 0 Å². The van der Waals surface area contributed by atoms with Crippen LogP contribution in [0.1, 0.15) is 48.8 Å². The van der Waals surface area contributed by atoms with E-state index in [0.717, 1.165) is 62.2 Å². The molecule has 0 N–H and O–H groups in total. The second-order valence-corrected chi connectivity index (χ2v) is 8.33. The van der Waals surface area contributed by atoms with Gasteiger partial charge in [0, 0.05) is 50.9 Å². The van der Waals surface area contributed by atoms with Crippen LogP contribution in [0.2, 0.25) is 0 Å². The quantitative estimate of drug-likeness (QED) is 0.635. The molecule has 1 aromatic carbocycles. The number of rotatable bonds is 7. The molecular formula is C24H33N5O2. The molecule has 1 aromatic heterocycles. The SMILES string of the molecule is CCCCOc1ccc(C(=O)N2CCN(c3cc(N4CCCC4)nc(C)n3)CC2)cc1. The van der Waals surface area contributed by atoms with E-state index in [1.54, 1.807) is 0 Å². The highest BCUT2D eigenvalue weighted by atomic mass is 16.5. The zero-order chi connectivity index (χ0) is 21.6. The molecule has 7 heteroatoms. The van der Waals surface area contributed by atoms with Gasteiger partial charge in [-0.1, -0.05) is 13.3 Å². The molecule has 0 radical (unpaired) electrons. The number of unbranched alkanes of at least 4 members (excludes halogenated alkanes) is 1. The van der Waals surface area contributed by atoms with Crippen LogP contribution in [0.15, 0.2) is 30.3 Å². The highest BCUT2D eigenvalue weighted by Crippen LogP contribution is 2.24. The summed E-state index contributed by atoms with van der Waals surface area (Å²) in [7, 11) is 0. The largest absolute Gasteiger partial charge is 0.494 e. The van der Waals surface area contributed by atoms with Crippen LogP contribution in [0.3, 0.4) is 0 Å². The predicted octanol–water partition coefficient (Wildman–Crippen LogP) is 3.53. The van der Waals surface area contributed by atoms with Crippen molar-refractivity contribution in [3.8, 4) is 5.75 Å². The van der Waals surface area contributed by atoms with Crippen LogP contribution in [-0.2, 0) is 0 Å². The third-order valence-corrected chi connectivity index (χ3v) is 6.00. The number of benzene rings is 1. The molecule has 0 spiro atoms. The van der Waals surface area contributed by atoms with E-state index in [1.807, 2.05) is 36.1 Å². The lowest BCUT2D eigenvalue weighted by Gasteiger charge is -2.35. The standard InChI is InChI=1S/C24H33N5O2/c1-3-4-17-31-21-9-7-20(8-10-21)24(30)29-15-13-28(14-16-29)23-18-22(25-19(2)26-23)27-11-5-6-12-27/h7-10,18H,3-6,11-17H2,1-2H3. The smallest absolute Gasteiger partial charge is 0.253 e. The summed E-state index contributed by atoms with van der Waals surface area (Å²) < 4.78 is 5.70. The van der Waals surface area contributed by atoms with Crippen molar-refractivity contribution < 1.29 is 9.53 Å². The first-order valence-electron chi connectivity index (χ1n) is 11.5. The van der Waals surface area contributed by atoms with Gasteiger partial charge in [-0.15, -0.1) is 0 Å². The van der Waals surface area contributed by atoms with Crippen molar-refractivity contribution in [2.45, 2.75) is 39.5 Å². The van der Waals surface area contributed by atoms with Gasteiger partial charge in [0.1, 0.15) is 23.2 Å². The van der Waals surface area contributed by atoms with Gasteiger partial charge < -0.3 is 19.4 Å². The van der Waals surface area contributed by atoms with Crippen LogP contribution in [0.5, 0.6) is 5.75 Å². The molecule has 3 heterocycles. The number of ether oxygens (including phenoxy) is 1. The van der Waals surface area contributed by atoms with Crippen molar-refractivity contribution in [2.75, 3.05) is 55.7 Å². The summed E-state index contributed by atoms with van der Waals surface area (Å²) in [5.41, 5.74) is 0.713. The number of aromatic nitrogens is 2. The first kappa shape index (κ1) is 21.4. The Hall–Kier alpha value is -2.83. The van der Waals surface area contributed by atoms with Crippen molar-refractivity contribution in [3.63, 3.8) is 0 Å². The van der Waals surface area contributed by atoms with E-state index in [0.29, 0.717) is 25.3 Å². The van der Waals surface area contributed by atoms with Gasteiger partial charge in [0.05, 0.1) is 6.61 Å². The summed E-state index contributed by atoms with van der Waals surface area (Å²) in [6, 6.07) is 9.62. The molecule has 2 aliphatic rings. The molecule has 166 valence electrons. The van der Waals surface area contributed by atoms with E-state index in [2.05, 4.69) is 32.8 Å². The van der Waals surface area contributed by atoms with Gasteiger partial charge in [-0.05, 0) is 50.5 Å². The number of hydrogen-bond donors (Lipinski definition) is 0. The summed E-state index contributed by atoms with van der Waals surface area (Å²) in [5, 5.41) is 0. The normalized spacial score (nSPS) is 16.6. The third kappa shape index (κ3) is 5.27. The molecule has 0 atom stereocenters. The monoisotopic (exact) mass is 423 g/mol. The van der Waals surface area contributed by atoms with Gasteiger partial charge in [0.25, 0.3) is 5.91 Å². The molecular weight excluding hydrogens is 390 g/mol. The minimum Gasteiger partial charge on any atom is -0.494 e. The Balaban J connectivity index is 1.34. The maximum atomic E-state index is 12.9. The van der Waals surface area contributed by atoms with Crippen molar-refractivity contribution in [2.24, 2.45) is 0 Å². The van der Waals surface area contributed by atoms with Crippen LogP contribution >= 0.6 is 0 Å². The van der Waals surface area contributed by atoms with Crippen LogP contribution in [0, 0.1) is 6.92 Å². The topological polar surface area (TPSA) is 61.8 Å². The predicted molar refractivity (Wildman–Crippen MR) is 123 cm³/mol. The number of nitrogens with zero attached hydrogens (tertiary/aromatic N) is 5. The maximum Gasteiger partial charge on any atom is 0.253 e. The van der Waals surface area contributed by atoms with Gasteiger partial charge >= 0.3 is 0 Å². The highest BCUT2D eigenvalue weighted by Gasteiger charge is 2.24. The van der Waals surface area contributed by atoms with E-state index in [-0.39, 0.29) is 5.91 Å². The molecule has 7 nitrogen and oxygen atoms in total. The number of piperazine rings is 1. The zero-order valence-corrected chi connectivity index (χ0v) is 18.7. The highest BCUT2D eigenvalue weighted by molar-refractivity contribution is 5.94. The van der Waals surface area contributed by atoms with Crippen molar-refractivity contribution in [3.05, 3.63) is 41.7 Å². The van der Waals surface area contributed by atoms with Gasteiger partial charge in [-0.3, -0.25) is 4.79 Å². The lowest BCUT2D eigenvalue weighted by molar-refractivity contribution is 0.0746. The molecule has 2 aliphatic heterocycles. The number of carbonyl (C=O) groups is 1. The first-order valence-corrected chi connectivity index (χ1v) is 11.5. The molecule has 2 fully saturated rings. The minimum absolute atomic E-state index is 0.0800. The number of amides is 1. The van der Waals surface area contributed by atoms with Crippen molar-refractivity contribution in [1.82, 2.24) is 14.9 Å². The lowest BCUT2D eigenvalue weighted by atomic mass is 10.1. The first-order chi connectivity index (χ1) is 15.1. The molecule has 2 saturated heterocycles. The Labute approximate surface area is 185 Å². The molecule has 0 aliphatic carbocycles. The van der Waals surface area contributed by atoms with Gasteiger partial charge in [-0.2, -0.15) is 0 Å². The Kier molecular flexibility index (Phi) is 6.89. The molecule has 0 unspecified atom stereocenters. The van der Waals surface area contributed by atoms with Crippen molar-refractivity contribution in [1.29, 1.82) is 0 Å². The molecule has 4 rings (SSSR count). The summed E-state index contributed by atoms with van der Waals surface area (Å²) >= 11 is 0. The fraction of sp³-hybridized carbons (Fsp3) is 0.542. The van der Waals surface area contributed by atoms with E-state index < -0.39 is 0 Å². The van der Waals surface area contributed by atoms with Crippen LogP contribution in [0.25, 0.3) is 0 Å². The third-order valence-electron chi connectivity index (χ3n) is 6.00. The van der Waals surface area contributed by atoms with E-state index in [1.165, 1.54) is 12.8 Å². The number of hydrogen-bond acceptors (Lipinski definition) is 6. The van der Waals surface area contributed by atoms with E-state index in [9.17, 15) is 4.79 Å². The van der Waals surface area contributed by atoms with E-state index >= 15 is 0 Å². The summed E-state index contributed by atoms with van der Waals surface area (Å²) in [6.45, 7) is 9.89. The van der Waals surface area contributed by atoms with Gasteiger partial charge in [-0.25, -0.2) is 9.97 Å². The fourth-order valence-corrected chi connectivity index (χ4v) is 4.16. The Morgan fingerprint density at radius 2 is 1.55 bits per heavy atom. The average Bonchev–Trinajstić information content (AvgIpc) is 3.34. The summed E-state index contributed by atoms with van der Waals surface area (Å²) in [4.78, 5) is 28.8. The summed E-state index contributed by atoms with van der Waals surface area (Å²) in [6.07, 6.45) is 4.60. The molecule has 1 amide bonds. The van der Waals surface area contributed by atoms with Crippen molar-refractivity contribution >= 4 is 17.5 Å². The molecule has 0 saturated carbocycles. The van der Waals surface area contributed by atoms with E-state index in [4.69, 9.17) is 4.74 Å². The molecule has 31 heavy (non-hydrogen) atoms. The average molecular weight is 424 g/mol. The second-order valence-electron chi connectivity index (χ2n) is 8.33. The van der Waals surface area contributed by atoms with Crippen LogP contribution in [0.4, 0.5) is 11.6 Å². The zero-order valence-electron chi connectivity index (χ0n) is 18.7. The van der Waals surface area contributed by atoms with Gasteiger partial charge in [0.2, 0.25) is 0 Å². The fourth-order valence-electron chi connectivity index (χ4n) is 4.16. The van der Waals surface area contributed by atoms with Crippen LogP contribution in [-0.4, -0.2) is 66.7 Å². The molecule has 2 aromatic rings. The second kappa shape index (κ2) is 9.98. The lowest BCUT2D eigenvalue weighted by Crippen LogP contribution is -2.49. The summed E-state index contributed by atoms with van der Waals surface area (Å²) in [5.74, 6) is 3.70.